The maximum atomic E-state index is 11.6. The minimum atomic E-state index is -0.292. The molecule has 0 radical (unpaired) electrons. The van der Waals surface area contributed by atoms with Crippen LogP contribution in [0.2, 0.25) is 0 Å². The van der Waals surface area contributed by atoms with Crippen molar-refractivity contribution in [3.63, 3.8) is 0 Å². The molecule has 0 aliphatic heterocycles. The summed E-state index contributed by atoms with van der Waals surface area (Å²) in [7, 11) is 0. The number of aromatic nitrogens is 1. The van der Waals surface area contributed by atoms with E-state index in [1.807, 2.05) is 24.3 Å². The Hall–Kier alpha value is -2.10. The molecule has 4 heteroatoms. The average molecular weight is 230 g/mol. The minimum Gasteiger partial charge on any atom is -0.438 e. The normalized spacial score (nSPS) is 10.5. The van der Waals surface area contributed by atoms with Gasteiger partial charge in [0.1, 0.15) is 0 Å². The Morgan fingerprint density at radius 1 is 1.29 bits per heavy atom. The summed E-state index contributed by atoms with van der Waals surface area (Å²) < 4.78 is 4.91. The molecule has 0 fully saturated rings. The topological polar surface area (TPSA) is 55.1 Å². The highest BCUT2D eigenvalue weighted by Gasteiger charge is 2.09. The number of rotatable bonds is 3. The summed E-state index contributed by atoms with van der Waals surface area (Å²) in [5.74, 6) is 0.395. The predicted octanol–water partition coefficient (Wildman–Crippen LogP) is 3.05. The van der Waals surface area contributed by atoms with Gasteiger partial charge < -0.3 is 9.73 Å². The first kappa shape index (κ1) is 11.4. The Balaban J connectivity index is 2.07. The highest BCUT2D eigenvalue weighted by molar-refractivity contribution is 6.01. The number of carbonyl (C=O) groups excluding carboxylic acids is 1. The van der Waals surface area contributed by atoms with E-state index < -0.39 is 0 Å². The van der Waals surface area contributed by atoms with E-state index in [0.29, 0.717) is 5.92 Å². The van der Waals surface area contributed by atoms with E-state index in [1.54, 1.807) is 0 Å². The lowest BCUT2D eigenvalue weighted by molar-refractivity contribution is 0.0996. The molecule has 0 unspecified atom stereocenters. The van der Waals surface area contributed by atoms with Gasteiger partial charge in [0, 0.05) is 5.69 Å². The molecule has 17 heavy (non-hydrogen) atoms. The molecule has 0 atom stereocenters. The van der Waals surface area contributed by atoms with E-state index >= 15 is 0 Å². The van der Waals surface area contributed by atoms with Gasteiger partial charge in [-0.3, -0.25) is 4.79 Å². The molecule has 0 saturated carbocycles. The standard InChI is InChI=1S/C13H14N2O2/c1-9(2)10-3-5-11(6-4-10)15-13(16)12-7-14-8-17-12/h3-9H,1-2H3,(H,15,16). The van der Waals surface area contributed by atoms with Crippen LogP contribution in [0.25, 0.3) is 0 Å². The fourth-order valence-corrected chi connectivity index (χ4v) is 1.47. The first-order chi connectivity index (χ1) is 8.16. The molecule has 0 spiro atoms. The lowest BCUT2D eigenvalue weighted by atomic mass is 10.0. The van der Waals surface area contributed by atoms with Gasteiger partial charge in [0.15, 0.2) is 6.39 Å². The molecule has 1 heterocycles. The second kappa shape index (κ2) is 4.82. The van der Waals surface area contributed by atoms with Gasteiger partial charge >= 0.3 is 0 Å². The first-order valence-electron chi connectivity index (χ1n) is 5.46. The van der Waals surface area contributed by atoms with Crippen LogP contribution < -0.4 is 5.32 Å². The molecule has 0 aliphatic rings. The maximum absolute atomic E-state index is 11.6. The van der Waals surface area contributed by atoms with Gasteiger partial charge in [-0.2, -0.15) is 0 Å². The van der Waals surface area contributed by atoms with Gasteiger partial charge in [-0.1, -0.05) is 26.0 Å². The molecule has 2 aromatic rings. The zero-order valence-corrected chi connectivity index (χ0v) is 9.81. The number of anilines is 1. The minimum absolute atomic E-state index is 0.206. The molecule has 0 aliphatic carbocycles. The third-order valence-corrected chi connectivity index (χ3v) is 2.49. The summed E-state index contributed by atoms with van der Waals surface area (Å²) in [6, 6.07) is 7.76. The SMILES string of the molecule is CC(C)c1ccc(NC(=O)c2cnco2)cc1. The van der Waals surface area contributed by atoms with Gasteiger partial charge in [-0.25, -0.2) is 4.98 Å². The number of carbonyl (C=O) groups is 1. The van der Waals surface area contributed by atoms with Crippen molar-refractivity contribution in [2.45, 2.75) is 19.8 Å². The fraction of sp³-hybridized carbons (Fsp3) is 0.231. The first-order valence-corrected chi connectivity index (χ1v) is 5.46. The number of benzene rings is 1. The van der Waals surface area contributed by atoms with Crippen LogP contribution in [0.4, 0.5) is 5.69 Å². The lowest BCUT2D eigenvalue weighted by Crippen LogP contribution is -2.10. The number of amides is 1. The molecule has 4 nitrogen and oxygen atoms in total. The quantitative estimate of drug-likeness (QED) is 0.881. The van der Waals surface area contributed by atoms with Crippen molar-refractivity contribution in [1.29, 1.82) is 0 Å². The highest BCUT2D eigenvalue weighted by Crippen LogP contribution is 2.17. The lowest BCUT2D eigenvalue weighted by Gasteiger charge is -2.07. The van der Waals surface area contributed by atoms with Crippen molar-refractivity contribution in [1.82, 2.24) is 4.98 Å². The largest absolute Gasteiger partial charge is 0.438 e. The van der Waals surface area contributed by atoms with Crippen LogP contribution in [-0.2, 0) is 0 Å². The van der Waals surface area contributed by atoms with Gasteiger partial charge in [0.05, 0.1) is 6.20 Å². The zero-order chi connectivity index (χ0) is 12.3. The van der Waals surface area contributed by atoms with Gasteiger partial charge in [0.2, 0.25) is 5.76 Å². The molecule has 1 aromatic heterocycles. The smallest absolute Gasteiger partial charge is 0.293 e. The Kier molecular flexibility index (Phi) is 3.23. The van der Waals surface area contributed by atoms with Crippen molar-refractivity contribution in [3.05, 3.63) is 48.2 Å². The predicted molar refractivity (Wildman–Crippen MR) is 65.0 cm³/mol. The summed E-state index contributed by atoms with van der Waals surface area (Å²) in [5, 5.41) is 2.74. The van der Waals surface area contributed by atoms with Crippen molar-refractivity contribution >= 4 is 11.6 Å². The zero-order valence-electron chi connectivity index (χ0n) is 9.81. The number of oxazole rings is 1. The van der Waals surface area contributed by atoms with Crippen LogP contribution in [0, 0.1) is 0 Å². The van der Waals surface area contributed by atoms with Gasteiger partial charge in [-0.05, 0) is 23.6 Å². The molecule has 88 valence electrons. The van der Waals surface area contributed by atoms with Crippen molar-refractivity contribution in [2.24, 2.45) is 0 Å². The summed E-state index contributed by atoms with van der Waals surface area (Å²) in [5.41, 5.74) is 1.98. The highest BCUT2D eigenvalue weighted by atomic mass is 16.3. The molecule has 0 bridgehead atoms. The van der Waals surface area contributed by atoms with Crippen LogP contribution in [0.15, 0.2) is 41.3 Å². The average Bonchev–Trinajstić information content (AvgIpc) is 2.83. The van der Waals surface area contributed by atoms with Crippen molar-refractivity contribution in [2.75, 3.05) is 5.32 Å². The summed E-state index contributed by atoms with van der Waals surface area (Å²) in [6.07, 6.45) is 2.62. The van der Waals surface area contributed by atoms with E-state index in [4.69, 9.17) is 4.42 Å². The number of hydrogen-bond donors (Lipinski definition) is 1. The summed E-state index contributed by atoms with van der Waals surface area (Å²) in [4.78, 5) is 15.3. The Morgan fingerprint density at radius 3 is 2.53 bits per heavy atom. The summed E-state index contributed by atoms with van der Waals surface area (Å²) >= 11 is 0. The molecular formula is C13H14N2O2. The molecule has 1 aromatic carbocycles. The second-order valence-electron chi connectivity index (χ2n) is 4.10. The van der Waals surface area contributed by atoms with E-state index in [-0.39, 0.29) is 11.7 Å². The Labute approximate surface area is 99.7 Å². The molecule has 2 rings (SSSR count). The van der Waals surface area contributed by atoms with E-state index in [1.165, 1.54) is 18.2 Å². The molecule has 1 N–H and O–H groups in total. The number of hydrogen-bond acceptors (Lipinski definition) is 3. The van der Waals surface area contributed by atoms with Gasteiger partial charge in [-0.15, -0.1) is 0 Å². The second-order valence-corrected chi connectivity index (χ2v) is 4.10. The van der Waals surface area contributed by atoms with Crippen LogP contribution in [0.3, 0.4) is 0 Å². The Morgan fingerprint density at radius 2 is 2.00 bits per heavy atom. The van der Waals surface area contributed by atoms with Crippen molar-refractivity contribution < 1.29 is 9.21 Å². The van der Waals surface area contributed by atoms with Crippen LogP contribution in [-0.4, -0.2) is 10.9 Å². The fourth-order valence-electron chi connectivity index (χ4n) is 1.47. The molecular weight excluding hydrogens is 216 g/mol. The maximum Gasteiger partial charge on any atom is 0.293 e. The molecule has 1 amide bonds. The van der Waals surface area contributed by atoms with Gasteiger partial charge in [0.25, 0.3) is 5.91 Å². The van der Waals surface area contributed by atoms with Crippen LogP contribution >= 0.6 is 0 Å². The third-order valence-electron chi connectivity index (χ3n) is 2.49. The van der Waals surface area contributed by atoms with Crippen molar-refractivity contribution in [3.8, 4) is 0 Å². The molecule has 0 saturated heterocycles. The number of nitrogens with zero attached hydrogens (tertiary/aromatic N) is 1. The monoisotopic (exact) mass is 230 g/mol. The van der Waals surface area contributed by atoms with Crippen LogP contribution in [0.1, 0.15) is 35.9 Å². The van der Waals surface area contributed by atoms with E-state index in [2.05, 4.69) is 24.1 Å². The van der Waals surface area contributed by atoms with E-state index in [9.17, 15) is 4.79 Å². The third kappa shape index (κ3) is 2.72. The summed E-state index contributed by atoms with van der Waals surface area (Å²) in [6.45, 7) is 4.25. The van der Waals surface area contributed by atoms with E-state index in [0.717, 1.165) is 5.69 Å². The van der Waals surface area contributed by atoms with Crippen LogP contribution in [0.5, 0.6) is 0 Å². The Bertz CT molecular complexity index is 487. The number of nitrogens with one attached hydrogen (secondary N) is 1.